The van der Waals surface area contributed by atoms with Crippen molar-refractivity contribution < 1.29 is 28.3 Å². The van der Waals surface area contributed by atoms with Crippen LogP contribution in [0.5, 0.6) is 0 Å². The van der Waals surface area contributed by atoms with Crippen molar-refractivity contribution in [2.75, 3.05) is 18.5 Å². The third-order valence-corrected chi connectivity index (χ3v) is 3.58. The number of ether oxygens (including phenoxy) is 1. The predicted molar refractivity (Wildman–Crippen MR) is 97.4 cm³/mol. The number of halogens is 1. The minimum Gasteiger partial charge on any atom is -0.456 e. The Morgan fingerprint density at radius 1 is 1.07 bits per heavy atom. The zero-order valence-electron chi connectivity index (χ0n) is 16.0. The first-order chi connectivity index (χ1) is 12.5. The summed E-state index contributed by atoms with van der Waals surface area (Å²) < 4.78 is 17.8. The smallest absolute Gasteiger partial charge is 0.306 e. The van der Waals surface area contributed by atoms with E-state index in [0.717, 1.165) is 0 Å². The lowest BCUT2D eigenvalue weighted by Gasteiger charge is -2.35. The molecule has 148 valence electrons. The van der Waals surface area contributed by atoms with Gasteiger partial charge in [0.25, 0.3) is 5.91 Å². The van der Waals surface area contributed by atoms with Crippen molar-refractivity contribution in [3.8, 4) is 0 Å². The number of amides is 2. The van der Waals surface area contributed by atoms with Crippen LogP contribution in [0.15, 0.2) is 24.3 Å². The largest absolute Gasteiger partial charge is 0.456 e. The fourth-order valence-corrected chi connectivity index (χ4v) is 2.15. The highest BCUT2D eigenvalue weighted by atomic mass is 19.1. The summed E-state index contributed by atoms with van der Waals surface area (Å²) in [6.07, 6.45) is -0.0424. The van der Waals surface area contributed by atoms with Gasteiger partial charge in [-0.3, -0.25) is 14.4 Å². The van der Waals surface area contributed by atoms with Crippen LogP contribution in [0.1, 0.15) is 40.5 Å². The van der Waals surface area contributed by atoms with E-state index in [1.165, 1.54) is 36.1 Å². The van der Waals surface area contributed by atoms with Gasteiger partial charge in [-0.15, -0.1) is 0 Å². The molecular formula is C19H25FN2O5. The summed E-state index contributed by atoms with van der Waals surface area (Å²) in [5, 5.41) is 2.58. The first kappa shape index (κ1) is 22.3. The van der Waals surface area contributed by atoms with Gasteiger partial charge < -0.3 is 19.7 Å². The molecule has 0 saturated carbocycles. The Morgan fingerprint density at radius 2 is 1.67 bits per heavy atom. The molecule has 0 aliphatic rings. The molecule has 0 bridgehead atoms. The number of hydrogen-bond acceptors (Lipinski definition) is 5. The number of Topliss-reactive ketones (excluding diaryl/α,β-unsaturated/α-hetero) is 1. The standard InChI is InChI=1S/C19H25FN2O5/c1-13(23)5-10-18(26)27-12-17(25)22(19(2,3)4)11-16(24)21-15-8-6-14(20)7-9-15/h6-9H,5,10-12H2,1-4H3,(H,21,24). The Morgan fingerprint density at radius 3 is 2.19 bits per heavy atom. The minimum absolute atomic E-state index is 0.0517. The lowest BCUT2D eigenvalue weighted by molar-refractivity contribution is -0.155. The Bertz CT molecular complexity index is 695. The van der Waals surface area contributed by atoms with E-state index in [2.05, 4.69) is 5.32 Å². The number of benzene rings is 1. The molecule has 0 fully saturated rings. The summed E-state index contributed by atoms with van der Waals surface area (Å²) >= 11 is 0. The number of esters is 1. The highest BCUT2D eigenvalue weighted by Crippen LogP contribution is 2.15. The van der Waals surface area contributed by atoms with Crippen molar-refractivity contribution in [2.24, 2.45) is 0 Å². The fraction of sp³-hybridized carbons (Fsp3) is 0.474. The molecule has 1 aromatic carbocycles. The highest BCUT2D eigenvalue weighted by molar-refractivity contribution is 5.95. The normalized spacial score (nSPS) is 10.9. The van der Waals surface area contributed by atoms with Crippen molar-refractivity contribution >= 4 is 29.3 Å². The molecule has 1 rings (SSSR count). The Balaban J connectivity index is 2.65. The fourth-order valence-electron chi connectivity index (χ4n) is 2.15. The van der Waals surface area contributed by atoms with E-state index in [1.54, 1.807) is 20.8 Å². The molecule has 7 nitrogen and oxygen atoms in total. The number of carbonyl (C=O) groups is 4. The molecule has 1 N–H and O–H groups in total. The van der Waals surface area contributed by atoms with Gasteiger partial charge in [0, 0.05) is 17.6 Å². The second kappa shape index (κ2) is 9.80. The average molecular weight is 380 g/mol. The SMILES string of the molecule is CC(=O)CCC(=O)OCC(=O)N(CC(=O)Nc1ccc(F)cc1)C(C)(C)C. The summed E-state index contributed by atoms with van der Waals surface area (Å²) in [7, 11) is 0. The van der Waals surface area contributed by atoms with Gasteiger partial charge in [-0.2, -0.15) is 0 Å². The van der Waals surface area contributed by atoms with E-state index >= 15 is 0 Å². The van der Waals surface area contributed by atoms with Gasteiger partial charge in [0.2, 0.25) is 5.91 Å². The van der Waals surface area contributed by atoms with Crippen molar-refractivity contribution in [3.05, 3.63) is 30.1 Å². The lowest BCUT2D eigenvalue weighted by Crippen LogP contribution is -2.50. The zero-order chi connectivity index (χ0) is 20.6. The van der Waals surface area contributed by atoms with E-state index in [0.29, 0.717) is 5.69 Å². The second-order valence-electron chi connectivity index (χ2n) is 7.07. The number of nitrogens with zero attached hydrogens (tertiary/aromatic N) is 1. The molecule has 0 aliphatic heterocycles. The van der Waals surface area contributed by atoms with Gasteiger partial charge in [-0.1, -0.05) is 0 Å². The quantitative estimate of drug-likeness (QED) is 0.699. The number of carbonyl (C=O) groups excluding carboxylic acids is 4. The van der Waals surface area contributed by atoms with Crippen molar-refractivity contribution in [1.82, 2.24) is 4.90 Å². The Hall–Kier alpha value is -2.77. The molecule has 0 unspecified atom stereocenters. The van der Waals surface area contributed by atoms with Crippen LogP contribution < -0.4 is 5.32 Å². The van der Waals surface area contributed by atoms with Crippen molar-refractivity contribution in [2.45, 2.75) is 46.1 Å². The maximum atomic E-state index is 12.9. The van der Waals surface area contributed by atoms with Gasteiger partial charge in [0.1, 0.15) is 18.1 Å². The molecule has 1 aromatic rings. The molecule has 0 saturated heterocycles. The number of ketones is 1. The van der Waals surface area contributed by atoms with Crippen LogP contribution in [0.4, 0.5) is 10.1 Å². The minimum atomic E-state index is -0.691. The average Bonchev–Trinajstić information content (AvgIpc) is 2.56. The molecule has 0 spiro atoms. The van der Waals surface area contributed by atoms with Crippen LogP contribution in [0.25, 0.3) is 0 Å². The summed E-state index contributed by atoms with van der Waals surface area (Å²) in [6.45, 7) is 5.82. The molecule has 2 amide bonds. The summed E-state index contributed by atoms with van der Waals surface area (Å²) in [5.74, 6) is -2.22. The Labute approximate surface area is 157 Å². The van der Waals surface area contributed by atoms with Gasteiger partial charge in [0.15, 0.2) is 6.61 Å². The molecule has 0 atom stereocenters. The molecule has 0 aromatic heterocycles. The number of nitrogens with one attached hydrogen (secondary N) is 1. The van der Waals surface area contributed by atoms with Crippen molar-refractivity contribution in [3.63, 3.8) is 0 Å². The van der Waals surface area contributed by atoms with E-state index in [1.807, 2.05) is 0 Å². The van der Waals surface area contributed by atoms with E-state index in [-0.39, 0.29) is 25.2 Å². The van der Waals surface area contributed by atoms with E-state index in [4.69, 9.17) is 4.74 Å². The molecule has 0 radical (unpaired) electrons. The van der Waals surface area contributed by atoms with Gasteiger partial charge in [0.05, 0.1) is 6.42 Å². The number of rotatable bonds is 8. The van der Waals surface area contributed by atoms with Crippen molar-refractivity contribution in [1.29, 1.82) is 0 Å². The van der Waals surface area contributed by atoms with Gasteiger partial charge in [-0.25, -0.2) is 4.39 Å². The van der Waals surface area contributed by atoms with Crippen LogP contribution in [-0.4, -0.2) is 47.2 Å². The summed E-state index contributed by atoms with van der Waals surface area (Å²) in [4.78, 5) is 48.4. The highest BCUT2D eigenvalue weighted by Gasteiger charge is 2.29. The predicted octanol–water partition coefficient (Wildman–Crippen LogP) is 2.30. The molecule has 0 heterocycles. The zero-order valence-corrected chi connectivity index (χ0v) is 16.0. The summed E-state index contributed by atoms with van der Waals surface area (Å²) in [5.41, 5.74) is -0.290. The third-order valence-electron chi connectivity index (χ3n) is 3.58. The number of anilines is 1. The van der Waals surface area contributed by atoms with E-state index < -0.39 is 35.7 Å². The van der Waals surface area contributed by atoms with Crippen LogP contribution >= 0.6 is 0 Å². The van der Waals surface area contributed by atoms with Gasteiger partial charge in [-0.05, 0) is 52.0 Å². The Kier molecular flexibility index (Phi) is 8.08. The lowest BCUT2D eigenvalue weighted by atomic mass is 10.1. The monoisotopic (exact) mass is 380 g/mol. The van der Waals surface area contributed by atoms with Crippen LogP contribution in [0.2, 0.25) is 0 Å². The molecule has 0 aliphatic carbocycles. The first-order valence-electron chi connectivity index (χ1n) is 8.50. The maximum absolute atomic E-state index is 12.9. The summed E-state index contributed by atoms with van der Waals surface area (Å²) in [6, 6.07) is 5.24. The van der Waals surface area contributed by atoms with Crippen LogP contribution in [0.3, 0.4) is 0 Å². The van der Waals surface area contributed by atoms with Gasteiger partial charge >= 0.3 is 5.97 Å². The topological polar surface area (TPSA) is 92.8 Å². The van der Waals surface area contributed by atoms with Crippen LogP contribution in [-0.2, 0) is 23.9 Å². The number of hydrogen-bond donors (Lipinski definition) is 1. The maximum Gasteiger partial charge on any atom is 0.306 e. The molecule has 8 heteroatoms. The molecule has 27 heavy (non-hydrogen) atoms. The van der Waals surface area contributed by atoms with Crippen LogP contribution in [0, 0.1) is 5.82 Å². The first-order valence-corrected chi connectivity index (χ1v) is 8.50. The molecular weight excluding hydrogens is 355 g/mol. The second-order valence-corrected chi connectivity index (χ2v) is 7.07. The van der Waals surface area contributed by atoms with E-state index in [9.17, 15) is 23.6 Å². The third kappa shape index (κ3) is 8.44.